The lowest BCUT2D eigenvalue weighted by Gasteiger charge is -2.42. The Morgan fingerprint density at radius 3 is 2.65 bits per heavy atom. The van der Waals surface area contributed by atoms with E-state index in [4.69, 9.17) is 4.74 Å². The molecule has 0 aromatic carbocycles. The van der Waals surface area contributed by atoms with Crippen LogP contribution in [0, 0.1) is 5.92 Å². The first-order valence-corrected chi connectivity index (χ1v) is 6.15. The van der Waals surface area contributed by atoms with Crippen molar-refractivity contribution in [3.8, 4) is 0 Å². The Morgan fingerprint density at radius 2 is 2.06 bits per heavy atom. The number of nitrogens with zero attached hydrogens (tertiary/aromatic N) is 1. The van der Waals surface area contributed by atoms with Crippen LogP contribution >= 0.6 is 0 Å². The fraction of sp³-hybridized carbons (Fsp3) is 0.833. The standard InChI is InChI=1S/C12H20N2O3/c1-12(2,3)17-11(16)13-10(15)8-7-14-6-4-5-9(8)14/h8-9H,4-7H2,1-3H3,(H,13,15,16)/t8-,9-/m0/s1. The Morgan fingerprint density at radius 1 is 1.35 bits per heavy atom. The highest BCUT2D eigenvalue weighted by Gasteiger charge is 2.46. The van der Waals surface area contributed by atoms with Crippen LogP contribution < -0.4 is 5.32 Å². The minimum Gasteiger partial charge on any atom is -0.444 e. The van der Waals surface area contributed by atoms with Gasteiger partial charge in [-0.1, -0.05) is 0 Å². The van der Waals surface area contributed by atoms with E-state index in [1.54, 1.807) is 20.8 Å². The van der Waals surface area contributed by atoms with Gasteiger partial charge in [0.1, 0.15) is 5.60 Å². The van der Waals surface area contributed by atoms with Gasteiger partial charge in [0.2, 0.25) is 5.91 Å². The average Bonchev–Trinajstić information content (AvgIpc) is 2.43. The van der Waals surface area contributed by atoms with Gasteiger partial charge in [-0.2, -0.15) is 0 Å². The maximum Gasteiger partial charge on any atom is 0.414 e. The predicted molar refractivity (Wildman–Crippen MR) is 62.5 cm³/mol. The molecule has 0 radical (unpaired) electrons. The summed E-state index contributed by atoms with van der Waals surface area (Å²) in [5.41, 5.74) is -0.566. The summed E-state index contributed by atoms with van der Waals surface area (Å²) in [5, 5.41) is 2.32. The largest absolute Gasteiger partial charge is 0.444 e. The summed E-state index contributed by atoms with van der Waals surface area (Å²) in [6.45, 7) is 7.19. The Hall–Kier alpha value is -1.10. The normalized spacial score (nSPS) is 28.2. The van der Waals surface area contributed by atoms with Crippen molar-refractivity contribution >= 4 is 12.0 Å². The molecule has 0 spiro atoms. The van der Waals surface area contributed by atoms with Crippen molar-refractivity contribution < 1.29 is 14.3 Å². The summed E-state index contributed by atoms with van der Waals surface area (Å²) in [6.07, 6.45) is 1.58. The molecule has 0 aliphatic carbocycles. The number of rotatable bonds is 1. The maximum absolute atomic E-state index is 11.8. The van der Waals surface area contributed by atoms with Gasteiger partial charge in [0.15, 0.2) is 0 Å². The molecule has 96 valence electrons. The third-order valence-electron chi connectivity index (χ3n) is 3.27. The quantitative estimate of drug-likeness (QED) is 0.746. The Balaban J connectivity index is 1.80. The molecular formula is C12H20N2O3. The van der Waals surface area contributed by atoms with E-state index in [-0.39, 0.29) is 11.8 Å². The molecule has 0 unspecified atom stereocenters. The van der Waals surface area contributed by atoms with E-state index in [1.165, 1.54) is 0 Å². The van der Waals surface area contributed by atoms with E-state index in [0.717, 1.165) is 25.9 Å². The van der Waals surface area contributed by atoms with Gasteiger partial charge in [0, 0.05) is 12.6 Å². The van der Waals surface area contributed by atoms with Gasteiger partial charge in [-0.3, -0.25) is 15.0 Å². The Labute approximate surface area is 101 Å². The van der Waals surface area contributed by atoms with Crippen LogP contribution in [0.1, 0.15) is 33.6 Å². The lowest BCUT2D eigenvalue weighted by Crippen LogP contribution is -2.59. The van der Waals surface area contributed by atoms with Crippen molar-refractivity contribution in [1.29, 1.82) is 0 Å². The lowest BCUT2D eigenvalue weighted by molar-refractivity contribution is -0.132. The molecular weight excluding hydrogens is 220 g/mol. The van der Waals surface area contributed by atoms with Gasteiger partial charge in [-0.15, -0.1) is 0 Å². The molecule has 5 heteroatoms. The van der Waals surface area contributed by atoms with Gasteiger partial charge in [-0.25, -0.2) is 4.79 Å². The van der Waals surface area contributed by atoms with Gasteiger partial charge in [0.05, 0.1) is 5.92 Å². The zero-order valence-corrected chi connectivity index (χ0v) is 10.7. The molecule has 1 N–H and O–H groups in total. The number of amides is 2. The number of fused-ring (bicyclic) bond motifs is 1. The number of imide groups is 1. The highest BCUT2D eigenvalue weighted by molar-refractivity contribution is 5.94. The molecule has 17 heavy (non-hydrogen) atoms. The molecule has 2 amide bonds. The molecule has 0 aromatic rings. The average molecular weight is 240 g/mol. The topological polar surface area (TPSA) is 58.6 Å². The molecule has 0 aromatic heterocycles. The number of hydrogen-bond donors (Lipinski definition) is 1. The minimum atomic E-state index is -0.640. The summed E-state index contributed by atoms with van der Waals surface area (Å²) >= 11 is 0. The summed E-state index contributed by atoms with van der Waals surface area (Å²) in [6, 6.07) is 0.345. The number of hydrogen-bond acceptors (Lipinski definition) is 4. The van der Waals surface area contributed by atoms with Gasteiger partial charge < -0.3 is 4.74 Å². The molecule has 0 bridgehead atoms. The van der Waals surface area contributed by atoms with Crippen LogP contribution in [0.25, 0.3) is 0 Å². The van der Waals surface area contributed by atoms with E-state index < -0.39 is 11.7 Å². The number of carbonyl (C=O) groups is 2. The van der Waals surface area contributed by atoms with E-state index in [2.05, 4.69) is 10.2 Å². The predicted octanol–water partition coefficient (Wildman–Crippen LogP) is 1.13. The third kappa shape index (κ3) is 2.77. The van der Waals surface area contributed by atoms with Crippen molar-refractivity contribution in [1.82, 2.24) is 10.2 Å². The zero-order valence-electron chi connectivity index (χ0n) is 10.7. The van der Waals surface area contributed by atoms with Crippen LogP contribution in [0.4, 0.5) is 4.79 Å². The molecule has 2 atom stereocenters. The summed E-state index contributed by atoms with van der Waals surface area (Å²) < 4.78 is 5.05. The fourth-order valence-electron chi connectivity index (χ4n) is 2.53. The van der Waals surface area contributed by atoms with Crippen LogP contribution in [0.5, 0.6) is 0 Å². The molecule has 2 saturated heterocycles. The molecule has 5 nitrogen and oxygen atoms in total. The highest BCUT2D eigenvalue weighted by Crippen LogP contribution is 2.33. The molecule has 2 aliphatic heterocycles. The van der Waals surface area contributed by atoms with E-state index in [9.17, 15) is 9.59 Å². The first-order chi connectivity index (χ1) is 7.87. The highest BCUT2D eigenvalue weighted by atomic mass is 16.6. The second-order valence-corrected chi connectivity index (χ2v) is 5.80. The molecule has 2 fully saturated rings. The van der Waals surface area contributed by atoms with Gasteiger partial charge in [0.25, 0.3) is 0 Å². The van der Waals surface area contributed by atoms with E-state index in [1.807, 2.05) is 0 Å². The third-order valence-corrected chi connectivity index (χ3v) is 3.27. The summed E-state index contributed by atoms with van der Waals surface area (Å²) in [5.74, 6) is -0.229. The van der Waals surface area contributed by atoms with Crippen molar-refractivity contribution in [3.05, 3.63) is 0 Å². The zero-order chi connectivity index (χ0) is 12.6. The molecule has 2 heterocycles. The van der Waals surface area contributed by atoms with Crippen molar-refractivity contribution in [2.24, 2.45) is 5.92 Å². The van der Waals surface area contributed by atoms with Crippen LogP contribution in [-0.2, 0) is 9.53 Å². The van der Waals surface area contributed by atoms with Gasteiger partial charge >= 0.3 is 6.09 Å². The van der Waals surface area contributed by atoms with Crippen LogP contribution in [-0.4, -0.2) is 41.6 Å². The van der Waals surface area contributed by atoms with Gasteiger partial charge in [-0.05, 0) is 40.2 Å². The monoisotopic (exact) mass is 240 g/mol. The van der Waals surface area contributed by atoms with E-state index in [0.29, 0.717) is 6.04 Å². The number of carbonyl (C=O) groups excluding carboxylic acids is 2. The first kappa shape index (κ1) is 12.4. The van der Waals surface area contributed by atoms with Crippen LogP contribution in [0.15, 0.2) is 0 Å². The number of nitrogens with one attached hydrogen (secondary N) is 1. The van der Waals surface area contributed by atoms with E-state index >= 15 is 0 Å². The molecule has 2 aliphatic rings. The number of alkyl carbamates (subject to hydrolysis) is 1. The van der Waals surface area contributed by atoms with Crippen LogP contribution in [0.3, 0.4) is 0 Å². The Bertz CT molecular complexity index is 335. The Kier molecular flexibility index (Phi) is 3.12. The number of ether oxygens (including phenoxy) is 1. The van der Waals surface area contributed by atoms with Crippen LogP contribution in [0.2, 0.25) is 0 Å². The lowest BCUT2D eigenvalue weighted by atomic mass is 9.89. The fourth-order valence-corrected chi connectivity index (χ4v) is 2.53. The second-order valence-electron chi connectivity index (χ2n) is 5.80. The molecule has 0 saturated carbocycles. The summed E-state index contributed by atoms with van der Waals surface area (Å²) in [4.78, 5) is 25.6. The summed E-state index contributed by atoms with van der Waals surface area (Å²) in [7, 11) is 0. The molecule has 2 rings (SSSR count). The van der Waals surface area contributed by atoms with Crippen molar-refractivity contribution in [2.45, 2.75) is 45.3 Å². The first-order valence-electron chi connectivity index (χ1n) is 6.15. The maximum atomic E-state index is 11.8. The minimum absolute atomic E-state index is 0.0370. The van der Waals surface area contributed by atoms with Crippen molar-refractivity contribution in [3.63, 3.8) is 0 Å². The van der Waals surface area contributed by atoms with Crippen molar-refractivity contribution in [2.75, 3.05) is 13.1 Å². The smallest absolute Gasteiger partial charge is 0.414 e. The second kappa shape index (κ2) is 4.29. The SMILES string of the molecule is CC(C)(C)OC(=O)NC(=O)[C@H]1CN2CCC[C@@H]12.